The van der Waals surface area contributed by atoms with E-state index in [1.807, 2.05) is 25.2 Å². The molecule has 1 aliphatic heterocycles. The second kappa shape index (κ2) is 5.93. The standard InChI is InChI=1S/C11H15N3O.HI/c1-12-11(13-2)14-9-7-15-10-6-4-3-5-8(9)10;/h3-6,9H,7H2,1-2H3,(H2,12,13,14);1H. The molecule has 0 fully saturated rings. The SMILES string of the molecule is CN=C(NC)NC1COc2ccccc21.I. The Labute approximate surface area is 113 Å². The predicted molar refractivity (Wildman–Crippen MR) is 75.6 cm³/mol. The van der Waals surface area contributed by atoms with Crippen molar-refractivity contribution in [2.24, 2.45) is 4.99 Å². The lowest BCUT2D eigenvalue weighted by molar-refractivity contribution is 0.324. The third kappa shape index (κ3) is 2.58. The van der Waals surface area contributed by atoms with Crippen LogP contribution >= 0.6 is 24.0 Å². The van der Waals surface area contributed by atoms with E-state index in [0.29, 0.717) is 6.61 Å². The van der Waals surface area contributed by atoms with Gasteiger partial charge in [-0.05, 0) is 6.07 Å². The van der Waals surface area contributed by atoms with Crippen LogP contribution in [0.15, 0.2) is 29.3 Å². The first-order valence-electron chi connectivity index (χ1n) is 4.98. The molecule has 4 nitrogen and oxygen atoms in total. The van der Waals surface area contributed by atoms with Crippen LogP contribution < -0.4 is 15.4 Å². The number of guanidine groups is 1. The smallest absolute Gasteiger partial charge is 0.191 e. The fraction of sp³-hybridized carbons (Fsp3) is 0.364. The van der Waals surface area contributed by atoms with Crippen molar-refractivity contribution >= 4 is 29.9 Å². The summed E-state index contributed by atoms with van der Waals surface area (Å²) in [6.07, 6.45) is 0. The highest BCUT2D eigenvalue weighted by Crippen LogP contribution is 2.31. The van der Waals surface area contributed by atoms with Crippen molar-refractivity contribution in [2.75, 3.05) is 20.7 Å². The summed E-state index contributed by atoms with van der Waals surface area (Å²) in [6.45, 7) is 0.653. The van der Waals surface area contributed by atoms with Crippen molar-refractivity contribution in [2.45, 2.75) is 6.04 Å². The summed E-state index contributed by atoms with van der Waals surface area (Å²) in [6, 6.07) is 8.24. The van der Waals surface area contributed by atoms with Gasteiger partial charge in [-0.1, -0.05) is 18.2 Å². The number of nitrogens with zero attached hydrogens (tertiary/aromatic N) is 1. The van der Waals surface area contributed by atoms with E-state index >= 15 is 0 Å². The molecule has 0 amide bonds. The van der Waals surface area contributed by atoms with Crippen LogP contribution in [0.1, 0.15) is 11.6 Å². The van der Waals surface area contributed by atoms with Crippen LogP contribution in [0.3, 0.4) is 0 Å². The Balaban J connectivity index is 0.00000128. The highest BCUT2D eigenvalue weighted by atomic mass is 127. The van der Waals surface area contributed by atoms with Crippen LogP contribution in [-0.2, 0) is 0 Å². The molecule has 0 aliphatic carbocycles. The second-order valence-corrected chi connectivity index (χ2v) is 3.37. The van der Waals surface area contributed by atoms with E-state index in [0.717, 1.165) is 11.7 Å². The molecule has 1 atom stereocenters. The maximum absolute atomic E-state index is 5.56. The molecule has 1 unspecified atom stereocenters. The molecule has 5 heteroatoms. The Morgan fingerprint density at radius 3 is 2.88 bits per heavy atom. The monoisotopic (exact) mass is 333 g/mol. The molecule has 2 rings (SSSR count). The summed E-state index contributed by atoms with van der Waals surface area (Å²) < 4.78 is 5.56. The van der Waals surface area contributed by atoms with Gasteiger partial charge < -0.3 is 15.4 Å². The number of nitrogens with one attached hydrogen (secondary N) is 2. The average molecular weight is 333 g/mol. The minimum Gasteiger partial charge on any atom is -0.491 e. The largest absolute Gasteiger partial charge is 0.491 e. The summed E-state index contributed by atoms with van der Waals surface area (Å²) in [4.78, 5) is 4.08. The van der Waals surface area contributed by atoms with Crippen LogP contribution in [0.25, 0.3) is 0 Å². The molecule has 0 radical (unpaired) electrons. The Bertz CT molecular complexity index is 381. The van der Waals surface area contributed by atoms with E-state index in [9.17, 15) is 0 Å². The first-order chi connectivity index (χ1) is 7.35. The molecule has 1 aromatic rings. The topological polar surface area (TPSA) is 45.7 Å². The lowest BCUT2D eigenvalue weighted by Gasteiger charge is -2.14. The van der Waals surface area contributed by atoms with Gasteiger partial charge in [0.1, 0.15) is 12.4 Å². The van der Waals surface area contributed by atoms with Gasteiger partial charge in [0.15, 0.2) is 5.96 Å². The second-order valence-electron chi connectivity index (χ2n) is 3.37. The zero-order valence-corrected chi connectivity index (χ0v) is 11.7. The minimum atomic E-state index is 0. The summed E-state index contributed by atoms with van der Waals surface area (Å²) in [5, 5.41) is 6.28. The summed E-state index contributed by atoms with van der Waals surface area (Å²) in [7, 11) is 3.59. The van der Waals surface area contributed by atoms with Crippen LogP contribution in [0, 0.1) is 0 Å². The molecule has 0 spiro atoms. The molecule has 2 N–H and O–H groups in total. The first-order valence-corrected chi connectivity index (χ1v) is 4.98. The maximum Gasteiger partial charge on any atom is 0.191 e. The fourth-order valence-electron chi connectivity index (χ4n) is 1.70. The van der Waals surface area contributed by atoms with Gasteiger partial charge >= 0.3 is 0 Å². The molecule has 1 aromatic carbocycles. The number of ether oxygens (including phenoxy) is 1. The fourth-order valence-corrected chi connectivity index (χ4v) is 1.70. The van der Waals surface area contributed by atoms with Gasteiger partial charge in [-0.15, -0.1) is 24.0 Å². The Kier molecular flexibility index (Phi) is 4.85. The zero-order chi connectivity index (χ0) is 10.7. The van der Waals surface area contributed by atoms with Crippen molar-refractivity contribution in [3.63, 3.8) is 0 Å². The lowest BCUT2D eigenvalue weighted by Crippen LogP contribution is -2.37. The molecule has 0 aromatic heterocycles. The van der Waals surface area contributed by atoms with Gasteiger partial charge in [0.25, 0.3) is 0 Å². The zero-order valence-electron chi connectivity index (χ0n) is 9.36. The third-order valence-electron chi connectivity index (χ3n) is 2.47. The average Bonchev–Trinajstić information content (AvgIpc) is 2.69. The quantitative estimate of drug-likeness (QED) is 0.466. The Morgan fingerprint density at radius 2 is 2.19 bits per heavy atom. The van der Waals surface area contributed by atoms with Crippen LogP contribution in [0.5, 0.6) is 5.75 Å². The number of hydrogen-bond donors (Lipinski definition) is 2. The Hall–Kier alpha value is -0.980. The van der Waals surface area contributed by atoms with Crippen LogP contribution in [-0.4, -0.2) is 26.7 Å². The normalized spacial score (nSPS) is 18.1. The number of hydrogen-bond acceptors (Lipinski definition) is 2. The van der Waals surface area contributed by atoms with Crippen LogP contribution in [0.2, 0.25) is 0 Å². The number of para-hydroxylation sites is 1. The molecule has 16 heavy (non-hydrogen) atoms. The van der Waals surface area contributed by atoms with Crippen molar-refractivity contribution in [1.82, 2.24) is 10.6 Å². The number of rotatable bonds is 1. The molecule has 0 bridgehead atoms. The van der Waals surface area contributed by atoms with Crippen LogP contribution in [0.4, 0.5) is 0 Å². The molecular formula is C11H16IN3O. The molecular weight excluding hydrogens is 317 g/mol. The van der Waals surface area contributed by atoms with Gasteiger partial charge in [-0.3, -0.25) is 4.99 Å². The van der Waals surface area contributed by atoms with Gasteiger partial charge in [-0.25, -0.2) is 0 Å². The minimum absolute atomic E-state index is 0. The van der Waals surface area contributed by atoms with E-state index in [1.54, 1.807) is 7.05 Å². The van der Waals surface area contributed by atoms with Crippen molar-refractivity contribution in [1.29, 1.82) is 0 Å². The van der Waals surface area contributed by atoms with Gasteiger partial charge in [0.05, 0.1) is 6.04 Å². The van der Waals surface area contributed by atoms with Crippen molar-refractivity contribution in [3.8, 4) is 5.75 Å². The van der Waals surface area contributed by atoms with Gasteiger partial charge in [0.2, 0.25) is 0 Å². The number of fused-ring (bicyclic) bond motifs is 1. The van der Waals surface area contributed by atoms with Gasteiger partial charge in [0, 0.05) is 19.7 Å². The Morgan fingerprint density at radius 1 is 1.44 bits per heavy atom. The van der Waals surface area contributed by atoms with Crippen molar-refractivity contribution in [3.05, 3.63) is 29.8 Å². The summed E-state index contributed by atoms with van der Waals surface area (Å²) >= 11 is 0. The lowest BCUT2D eigenvalue weighted by atomic mass is 10.1. The molecule has 1 heterocycles. The van der Waals surface area contributed by atoms with E-state index in [-0.39, 0.29) is 30.0 Å². The van der Waals surface area contributed by atoms with E-state index in [2.05, 4.69) is 21.7 Å². The molecule has 88 valence electrons. The third-order valence-corrected chi connectivity index (χ3v) is 2.47. The molecule has 0 saturated heterocycles. The number of aliphatic imine (C=N–C) groups is 1. The molecule has 0 saturated carbocycles. The summed E-state index contributed by atoms with van der Waals surface area (Å²) in [5.74, 6) is 1.74. The van der Waals surface area contributed by atoms with Crippen molar-refractivity contribution < 1.29 is 4.74 Å². The first kappa shape index (κ1) is 13.1. The number of halogens is 1. The van der Waals surface area contributed by atoms with E-state index in [4.69, 9.17) is 4.74 Å². The highest BCUT2D eigenvalue weighted by molar-refractivity contribution is 14.0. The van der Waals surface area contributed by atoms with E-state index in [1.165, 1.54) is 5.56 Å². The van der Waals surface area contributed by atoms with E-state index < -0.39 is 0 Å². The summed E-state index contributed by atoms with van der Waals surface area (Å²) in [5.41, 5.74) is 1.19. The predicted octanol–water partition coefficient (Wildman–Crippen LogP) is 1.53. The molecule has 1 aliphatic rings. The maximum atomic E-state index is 5.56. The number of benzene rings is 1. The van der Waals surface area contributed by atoms with Gasteiger partial charge in [-0.2, -0.15) is 0 Å². The highest BCUT2D eigenvalue weighted by Gasteiger charge is 2.23.